The number of piperidine rings is 1. The summed E-state index contributed by atoms with van der Waals surface area (Å²) in [5.41, 5.74) is 2.32. The molecule has 8 heteroatoms. The number of sulfonamides is 1. The average molecular weight is 471 g/mol. The van der Waals surface area contributed by atoms with Crippen LogP contribution in [0.4, 0.5) is 0 Å². The fraction of sp³-hybridized carbons (Fsp3) is 0.480. The molecule has 2 heterocycles. The van der Waals surface area contributed by atoms with Crippen molar-refractivity contribution in [1.82, 2.24) is 19.4 Å². The third-order valence-electron chi connectivity index (χ3n) is 6.60. The van der Waals surface area contributed by atoms with E-state index >= 15 is 0 Å². The molecule has 2 fully saturated rings. The van der Waals surface area contributed by atoms with Crippen LogP contribution in [0.5, 0.6) is 0 Å². The molecular weight excluding hydrogens is 436 g/mol. The van der Waals surface area contributed by atoms with E-state index < -0.39 is 10.0 Å². The molecule has 2 saturated heterocycles. The number of hydrogen-bond donors (Lipinski definition) is 1. The number of nitrogens with one attached hydrogen (secondary N) is 1. The molecule has 1 amide bonds. The van der Waals surface area contributed by atoms with Gasteiger partial charge in [-0.3, -0.25) is 9.69 Å². The summed E-state index contributed by atoms with van der Waals surface area (Å²) in [5, 5.41) is 3.04. The molecule has 178 valence electrons. The number of carbonyl (C=O) groups excluding carboxylic acids is 1. The standard InChI is InChI=1S/C25H34N4O3S/c1-27-13-15-28(16-14-27)19-22-8-5-7-21(17-22)18-26-25(30)23-9-6-12-29(20-23)33(31,32)24-10-3-2-4-11-24/h2-5,7-8,10-11,17,23H,6,9,12-16,18-20H2,1H3,(H,26,30). The van der Waals surface area contributed by atoms with E-state index in [-0.39, 0.29) is 23.3 Å². The number of benzene rings is 2. The minimum absolute atomic E-state index is 0.0765. The Bertz CT molecular complexity index is 1040. The largest absolute Gasteiger partial charge is 0.352 e. The van der Waals surface area contributed by atoms with Gasteiger partial charge < -0.3 is 10.2 Å². The topological polar surface area (TPSA) is 73.0 Å². The van der Waals surface area contributed by atoms with Crippen LogP contribution in [0, 0.1) is 5.92 Å². The minimum atomic E-state index is -3.57. The summed E-state index contributed by atoms with van der Waals surface area (Å²) in [6.07, 6.45) is 1.39. The molecule has 2 aliphatic rings. The van der Waals surface area contributed by atoms with E-state index in [9.17, 15) is 13.2 Å². The molecule has 0 saturated carbocycles. The number of hydrogen-bond acceptors (Lipinski definition) is 5. The zero-order chi connectivity index (χ0) is 23.3. The van der Waals surface area contributed by atoms with Gasteiger partial charge in [-0.25, -0.2) is 8.42 Å². The summed E-state index contributed by atoms with van der Waals surface area (Å²) >= 11 is 0. The summed E-state index contributed by atoms with van der Waals surface area (Å²) < 4.78 is 27.3. The lowest BCUT2D eigenvalue weighted by Crippen LogP contribution is -2.45. The molecular formula is C25H34N4O3S. The Kier molecular flexibility index (Phi) is 7.80. The van der Waals surface area contributed by atoms with Gasteiger partial charge in [-0.1, -0.05) is 42.5 Å². The third-order valence-corrected chi connectivity index (χ3v) is 8.48. The second-order valence-corrected chi connectivity index (χ2v) is 11.1. The van der Waals surface area contributed by atoms with Gasteiger partial charge in [0.05, 0.1) is 10.8 Å². The highest BCUT2D eigenvalue weighted by molar-refractivity contribution is 7.89. The van der Waals surface area contributed by atoms with E-state index in [1.807, 2.05) is 12.1 Å². The van der Waals surface area contributed by atoms with Gasteiger partial charge in [0, 0.05) is 52.4 Å². The maximum atomic E-state index is 12.9. The fourth-order valence-electron chi connectivity index (χ4n) is 4.55. The van der Waals surface area contributed by atoms with Crippen molar-refractivity contribution in [3.05, 3.63) is 65.7 Å². The van der Waals surface area contributed by atoms with E-state index in [1.165, 1.54) is 9.87 Å². The number of carbonyl (C=O) groups is 1. The first-order valence-corrected chi connectivity index (χ1v) is 13.2. The highest BCUT2D eigenvalue weighted by atomic mass is 32.2. The van der Waals surface area contributed by atoms with Gasteiger partial charge in [-0.15, -0.1) is 0 Å². The van der Waals surface area contributed by atoms with Crippen LogP contribution < -0.4 is 5.32 Å². The molecule has 2 aromatic rings. The van der Waals surface area contributed by atoms with Gasteiger partial charge in [0.15, 0.2) is 0 Å². The van der Waals surface area contributed by atoms with E-state index in [0.29, 0.717) is 25.9 Å². The lowest BCUT2D eigenvalue weighted by atomic mass is 9.98. The van der Waals surface area contributed by atoms with Gasteiger partial charge in [-0.05, 0) is 43.1 Å². The van der Waals surface area contributed by atoms with Crippen LogP contribution in [0.25, 0.3) is 0 Å². The Balaban J connectivity index is 1.31. The van der Waals surface area contributed by atoms with Gasteiger partial charge in [0.2, 0.25) is 15.9 Å². The Morgan fingerprint density at radius 3 is 2.45 bits per heavy atom. The SMILES string of the molecule is CN1CCN(Cc2cccc(CNC(=O)C3CCCN(S(=O)(=O)c4ccccc4)C3)c2)CC1. The predicted octanol–water partition coefficient (Wildman–Crippen LogP) is 2.15. The number of amides is 1. The Labute approximate surface area is 197 Å². The number of nitrogens with zero attached hydrogens (tertiary/aromatic N) is 3. The van der Waals surface area contributed by atoms with Gasteiger partial charge in [0.1, 0.15) is 0 Å². The first-order chi connectivity index (χ1) is 15.9. The normalized spacial score (nSPS) is 21.1. The van der Waals surface area contributed by atoms with Gasteiger partial charge in [-0.2, -0.15) is 4.31 Å². The number of likely N-dealkylation sites (N-methyl/N-ethyl adjacent to an activating group) is 1. The number of rotatable bonds is 7. The van der Waals surface area contributed by atoms with E-state index in [4.69, 9.17) is 0 Å². The molecule has 1 atom stereocenters. The molecule has 7 nitrogen and oxygen atoms in total. The van der Waals surface area contributed by atoms with Crippen molar-refractivity contribution in [2.24, 2.45) is 5.92 Å². The maximum Gasteiger partial charge on any atom is 0.243 e. The second-order valence-electron chi connectivity index (χ2n) is 9.13. The summed E-state index contributed by atoms with van der Waals surface area (Å²) in [5.74, 6) is -0.404. The first kappa shape index (κ1) is 23.9. The first-order valence-electron chi connectivity index (χ1n) is 11.7. The fourth-order valence-corrected chi connectivity index (χ4v) is 6.10. The molecule has 1 N–H and O–H groups in total. The second kappa shape index (κ2) is 10.8. The molecule has 4 rings (SSSR count). The Morgan fingerprint density at radius 1 is 0.970 bits per heavy atom. The molecule has 1 unspecified atom stereocenters. The third kappa shape index (κ3) is 6.20. The van der Waals surface area contributed by atoms with Crippen molar-refractivity contribution in [2.75, 3.05) is 46.3 Å². The molecule has 0 aliphatic carbocycles. The van der Waals surface area contributed by atoms with Crippen LogP contribution in [0.1, 0.15) is 24.0 Å². The Hall–Kier alpha value is -2.26. The zero-order valence-electron chi connectivity index (χ0n) is 19.3. The lowest BCUT2D eigenvalue weighted by molar-refractivity contribution is -0.126. The molecule has 0 radical (unpaired) electrons. The van der Waals surface area contributed by atoms with Crippen LogP contribution in [0.2, 0.25) is 0 Å². The van der Waals surface area contributed by atoms with Crippen LogP contribution in [-0.2, 0) is 27.9 Å². The maximum absolute atomic E-state index is 12.9. The average Bonchev–Trinajstić information content (AvgIpc) is 2.85. The molecule has 2 aromatic carbocycles. The minimum Gasteiger partial charge on any atom is -0.352 e. The van der Waals surface area contributed by atoms with Crippen LogP contribution in [-0.4, -0.2) is 74.7 Å². The summed E-state index contributed by atoms with van der Waals surface area (Å²) in [7, 11) is -1.42. The highest BCUT2D eigenvalue weighted by Crippen LogP contribution is 2.24. The molecule has 0 spiro atoms. The van der Waals surface area contributed by atoms with Crippen molar-refractivity contribution in [2.45, 2.75) is 30.8 Å². The van der Waals surface area contributed by atoms with Crippen molar-refractivity contribution >= 4 is 15.9 Å². The van der Waals surface area contributed by atoms with Crippen LogP contribution in [0.3, 0.4) is 0 Å². The highest BCUT2D eigenvalue weighted by Gasteiger charge is 2.33. The molecule has 0 bridgehead atoms. The summed E-state index contributed by atoms with van der Waals surface area (Å²) in [6, 6.07) is 16.8. The van der Waals surface area contributed by atoms with Crippen LogP contribution >= 0.6 is 0 Å². The molecule has 33 heavy (non-hydrogen) atoms. The lowest BCUT2D eigenvalue weighted by Gasteiger charge is -2.32. The van der Waals surface area contributed by atoms with E-state index in [2.05, 4.69) is 34.3 Å². The predicted molar refractivity (Wildman–Crippen MR) is 129 cm³/mol. The van der Waals surface area contributed by atoms with Crippen molar-refractivity contribution in [3.8, 4) is 0 Å². The van der Waals surface area contributed by atoms with Gasteiger partial charge in [0.25, 0.3) is 0 Å². The quantitative estimate of drug-likeness (QED) is 0.671. The van der Waals surface area contributed by atoms with E-state index in [1.54, 1.807) is 30.3 Å². The van der Waals surface area contributed by atoms with E-state index in [0.717, 1.165) is 38.3 Å². The Morgan fingerprint density at radius 2 is 1.70 bits per heavy atom. The monoisotopic (exact) mass is 470 g/mol. The smallest absolute Gasteiger partial charge is 0.243 e. The zero-order valence-corrected chi connectivity index (χ0v) is 20.1. The summed E-state index contributed by atoms with van der Waals surface area (Å²) in [4.78, 5) is 18.0. The van der Waals surface area contributed by atoms with Crippen molar-refractivity contribution in [1.29, 1.82) is 0 Å². The summed E-state index contributed by atoms with van der Waals surface area (Å²) in [6.45, 7) is 6.38. The van der Waals surface area contributed by atoms with Crippen molar-refractivity contribution in [3.63, 3.8) is 0 Å². The van der Waals surface area contributed by atoms with Gasteiger partial charge >= 0.3 is 0 Å². The number of piperazine rings is 1. The molecule has 0 aromatic heterocycles. The van der Waals surface area contributed by atoms with Crippen LogP contribution in [0.15, 0.2) is 59.5 Å². The molecule has 2 aliphatic heterocycles. The van der Waals surface area contributed by atoms with Crippen molar-refractivity contribution < 1.29 is 13.2 Å².